The van der Waals surface area contributed by atoms with Crippen molar-refractivity contribution in [2.75, 3.05) is 24.9 Å². The summed E-state index contributed by atoms with van der Waals surface area (Å²) < 4.78 is 27.4. The van der Waals surface area contributed by atoms with Gasteiger partial charge in [0.2, 0.25) is 0 Å². The molecule has 3 rings (SSSR count). The highest BCUT2D eigenvalue weighted by molar-refractivity contribution is 7.92. The van der Waals surface area contributed by atoms with Gasteiger partial charge in [0.25, 0.3) is 15.9 Å². The lowest BCUT2D eigenvalue weighted by atomic mass is 10.2. The number of rotatable bonds is 9. The van der Waals surface area contributed by atoms with Crippen LogP contribution in [0, 0.1) is 0 Å². The molecule has 0 atom stereocenters. The van der Waals surface area contributed by atoms with E-state index in [1.54, 1.807) is 12.1 Å². The van der Waals surface area contributed by atoms with Crippen LogP contribution in [0.3, 0.4) is 0 Å². The first-order valence-electron chi connectivity index (χ1n) is 9.47. The molecule has 2 aromatic carbocycles. The Hall–Kier alpha value is -3.23. The third-order valence-corrected chi connectivity index (χ3v) is 5.83. The van der Waals surface area contributed by atoms with E-state index in [1.807, 2.05) is 25.2 Å². The van der Waals surface area contributed by atoms with Gasteiger partial charge < -0.3 is 10.2 Å². The second kappa shape index (κ2) is 10.00. The average Bonchev–Trinajstić information content (AvgIpc) is 2.75. The molecule has 0 aliphatic rings. The number of carbonyl (C=O) groups is 1. The maximum Gasteiger partial charge on any atom is 0.261 e. The van der Waals surface area contributed by atoms with Crippen LogP contribution >= 0.6 is 0 Å². The summed E-state index contributed by atoms with van der Waals surface area (Å²) in [5, 5.41) is 2.86. The third kappa shape index (κ3) is 6.13. The molecule has 8 heteroatoms. The second-order valence-corrected chi connectivity index (χ2v) is 8.53. The zero-order chi connectivity index (χ0) is 21.4. The number of pyridine rings is 1. The van der Waals surface area contributed by atoms with Crippen LogP contribution in [0.4, 0.5) is 5.69 Å². The van der Waals surface area contributed by atoms with Crippen LogP contribution in [0.5, 0.6) is 0 Å². The van der Waals surface area contributed by atoms with E-state index in [1.165, 1.54) is 42.2 Å². The first-order chi connectivity index (χ1) is 14.4. The smallest absolute Gasteiger partial charge is 0.261 e. The lowest BCUT2D eigenvalue weighted by Gasteiger charge is -2.17. The summed E-state index contributed by atoms with van der Waals surface area (Å²) in [4.78, 5) is 18.4. The van der Waals surface area contributed by atoms with Crippen LogP contribution < -0.4 is 10.0 Å². The second-order valence-electron chi connectivity index (χ2n) is 6.85. The van der Waals surface area contributed by atoms with Gasteiger partial charge in [0.1, 0.15) is 0 Å². The molecular weight excluding hydrogens is 400 g/mol. The highest BCUT2D eigenvalue weighted by Crippen LogP contribution is 2.16. The zero-order valence-electron chi connectivity index (χ0n) is 16.7. The molecule has 3 aromatic rings. The molecule has 0 unspecified atom stereocenters. The standard InChI is InChI=1S/C22H24N4O3S/c1-26(17-18-5-3-2-4-6-18)16-15-24-22(27)19-7-9-21(10-8-19)30(28,29)25-20-11-13-23-14-12-20/h2-14H,15-17H2,1H3,(H,23,25)(H,24,27). The van der Waals surface area contributed by atoms with Crippen LogP contribution in [0.25, 0.3) is 0 Å². The number of carbonyl (C=O) groups excluding carboxylic acids is 1. The number of likely N-dealkylation sites (N-methyl/N-ethyl adjacent to an activating group) is 1. The quantitative estimate of drug-likeness (QED) is 0.551. The molecule has 0 saturated heterocycles. The monoisotopic (exact) mass is 424 g/mol. The molecule has 0 radical (unpaired) electrons. The Labute approximate surface area is 176 Å². The Bertz CT molecular complexity index is 1060. The SMILES string of the molecule is CN(CCNC(=O)c1ccc(S(=O)(=O)Nc2ccncc2)cc1)Cc1ccccc1. The number of nitrogens with zero attached hydrogens (tertiary/aromatic N) is 2. The van der Waals surface area contributed by atoms with Crippen molar-refractivity contribution < 1.29 is 13.2 Å². The average molecular weight is 425 g/mol. The fraction of sp³-hybridized carbons (Fsp3) is 0.182. The molecule has 0 fully saturated rings. The van der Waals surface area contributed by atoms with E-state index in [0.717, 1.165) is 6.54 Å². The Morgan fingerprint density at radius 2 is 1.63 bits per heavy atom. The molecular formula is C22H24N4O3S. The van der Waals surface area contributed by atoms with E-state index < -0.39 is 10.0 Å². The zero-order valence-corrected chi connectivity index (χ0v) is 17.5. The molecule has 30 heavy (non-hydrogen) atoms. The number of hydrogen-bond donors (Lipinski definition) is 2. The van der Waals surface area contributed by atoms with Gasteiger partial charge in [-0.05, 0) is 49.0 Å². The molecule has 2 N–H and O–H groups in total. The predicted molar refractivity (Wildman–Crippen MR) is 117 cm³/mol. The van der Waals surface area contributed by atoms with Crippen molar-refractivity contribution in [3.05, 3.63) is 90.3 Å². The van der Waals surface area contributed by atoms with Gasteiger partial charge in [-0.2, -0.15) is 0 Å². The van der Waals surface area contributed by atoms with Gasteiger partial charge in [0.15, 0.2) is 0 Å². The van der Waals surface area contributed by atoms with Crippen LogP contribution in [0.2, 0.25) is 0 Å². The van der Waals surface area contributed by atoms with Crippen molar-refractivity contribution >= 4 is 21.6 Å². The molecule has 1 aromatic heterocycles. The summed E-state index contributed by atoms with van der Waals surface area (Å²) in [6, 6.07) is 19.1. The van der Waals surface area contributed by atoms with E-state index in [0.29, 0.717) is 24.3 Å². The molecule has 1 heterocycles. The van der Waals surface area contributed by atoms with Crippen molar-refractivity contribution in [2.24, 2.45) is 0 Å². The molecule has 0 aliphatic heterocycles. The van der Waals surface area contributed by atoms with E-state index in [2.05, 4.69) is 32.1 Å². The minimum atomic E-state index is -3.73. The molecule has 7 nitrogen and oxygen atoms in total. The van der Waals surface area contributed by atoms with Gasteiger partial charge in [0.05, 0.1) is 10.6 Å². The fourth-order valence-electron chi connectivity index (χ4n) is 2.86. The number of nitrogens with one attached hydrogen (secondary N) is 2. The first-order valence-corrected chi connectivity index (χ1v) is 11.0. The van der Waals surface area contributed by atoms with Gasteiger partial charge in [-0.1, -0.05) is 30.3 Å². The number of sulfonamides is 1. The minimum absolute atomic E-state index is 0.0819. The maximum absolute atomic E-state index is 12.4. The van der Waals surface area contributed by atoms with Gasteiger partial charge in [-0.3, -0.25) is 14.5 Å². The largest absolute Gasteiger partial charge is 0.351 e. The lowest BCUT2D eigenvalue weighted by molar-refractivity contribution is 0.0949. The van der Waals surface area contributed by atoms with Gasteiger partial charge >= 0.3 is 0 Å². The van der Waals surface area contributed by atoms with Gasteiger partial charge in [0, 0.05) is 37.6 Å². The number of benzene rings is 2. The molecule has 0 bridgehead atoms. The van der Waals surface area contributed by atoms with Crippen molar-refractivity contribution in [2.45, 2.75) is 11.4 Å². The summed E-state index contributed by atoms with van der Waals surface area (Å²) in [6.07, 6.45) is 3.01. The molecule has 0 spiro atoms. The van der Waals surface area contributed by atoms with Crippen LogP contribution in [0.15, 0.2) is 84.0 Å². The Balaban J connectivity index is 1.51. The summed E-state index contributed by atoms with van der Waals surface area (Å²) in [5.74, 6) is -0.242. The van der Waals surface area contributed by atoms with Gasteiger partial charge in [-0.25, -0.2) is 8.42 Å². The van der Waals surface area contributed by atoms with E-state index in [9.17, 15) is 13.2 Å². The highest BCUT2D eigenvalue weighted by Gasteiger charge is 2.15. The van der Waals surface area contributed by atoms with Crippen LogP contribution in [0.1, 0.15) is 15.9 Å². The molecule has 156 valence electrons. The van der Waals surface area contributed by atoms with Crippen LogP contribution in [-0.4, -0.2) is 44.3 Å². The van der Waals surface area contributed by atoms with Crippen molar-refractivity contribution in [3.8, 4) is 0 Å². The Morgan fingerprint density at radius 1 is 0.967 bits per heavy atom. The predicted octanol–water partition coefficient (Wildman–Crippen LogP) is 2.74. The minimum Gasteiger partial charge on any atom is -0.351 e. The number of anilines is 1. The van der Waals surface area contributed by atoms with Crippen molar-refractivity contribution in [1.29, 1.82) is 0 Å². The molecule has 0 saturated carbocycles. The topological polar surface area (TPSA) is 91.4 Å². The van der Waals surface area contributed by atoms with E-state index >= 15 is 0 Å². The number of amides is 1. The number of hydrogen-bond acceptors (Lipinski definition) is 5. The van der Waals surface area contributed by atoms with Gasteiger partial charge in [-0.15, -0.1) is 0 Å². The molecule has 1 amide bonds. The lowest BCUT2D eigenvalue weighted by Crippen LogP contribution is -2.32. The van der Waals surface area contributed by atoms with Crippen molar-refractivity contribution in [3.63, 3.8) is 0 Å². The fourth-order valence-corrected chi connectivity index (χ4v) is 3.91. The Morgan fingerprint density at radius 3 is 2.30 bits per heavy atom. The van der Waals surface area contributed by atoms with E-state index in [4.69, 9.17) is 0 Å². The maximum atomic E-state index is 12.4. The van der Waals surface area contributed by atoms with Crippen LogP contribution in [-0.2, 0) is 16.6 Å². The highest BCUT2D eigenvalue weighted by atomic mass is 32.2. The van der Waals surface area contributed by atoms with E-state index in [-0.39, 0.29) is 10.8 Å². The summed E-state index contributed by atoms with van der Waals surface area (Å²) in [5.41, 5.74) is 2.04. The Kier molecular flexibility index (Phi) is 7.16. The van der Waals surface area contributed by atoms with Crippen molar-refractivity contribution in [1.82, 2.24) is 15.2 Å². The molecule has 0 aliphatic carbocycles. The normalized spacial score (nSPS) is 11.3. The third-order valence-electron chi connectivity index (χ3n) is 4.43. The first kappa shape index (κ1) is 21.5. The summed E-state index contributed by atoms with van der Waals surface area (Å²) in [7, 11) is -1.74. The number of aromatic nitrogens is 1. The summed E-state index contributed by atoms with van der Waals surface area (Å²) >= 11 is 0. The summed E-state index contributed by atoms with van der Waals surface area (Å²) in [6.45, 7) is 1.99.